The summed E-state index contributed by atoms with van der Waals surface area (Å²) in [4.78, 5) is 39.1. The van der Waals surface area contributed by atoms with Crippen LogP contribution >= 0.6 is 0 Å². The second-order valence-corrected chi connectivity index (χ2v) is 11.8. The van der Waals surface area contributed by atoms with Gasteiger partial charge in [-0.15, -0.1) is 0 Å². The third kappa shape index (κ3) is 6.28. The van der Waals surface area contributed by atoms with Crippen LogP contribution in [0.4, 0.5) is 8.78 Å². The maximum Gasteiger partial charge on any atom is 0.323 e. The van der Waals surface area contributed by atoms with Crippen molar-refractivity contribution < 1.29 is 40.7 Å². The molecule has 14 heteroatoms. The number of amides is 2. The minimum Gasteiger partial charge on any atom is -0.618 e. The number of hydrogen-bond acceptors (Lipinski definition) is 7. The Kier molecular flexibility index (Phi) is 8.49. The zero-order chi connectivity index (χ0) is 29.2. The second-order valence-electron chi connectivity index (χ2n) is 9.94. The zero-order valence-corrected chi connectivity index (χ0v) is 22.5. The molecule has 2 atom stereocenters. The van der Waals surface area contributed by atoms with Crippen LogP contribution in [0, 0.1) is 22.8 Å². The third-order valence-corrected chi connectivity index (χ3v) is 8.28. The number of hydrogen-bond donors (Lipinski definition) is 2. The Morgan fingerprint density at radius 3 is 2.62 bits per heavy atom. The number of sulfonamides is 1. The molecule has 1 fully saturated rings. The molecule has 2 amide bonds. The van der Waals surface area contributed by atoms with Gasteiger partial charge >= 0.3 is 15.0 Å². The van der Waals surface area contributed by atoms with E-state index in [2.05, 4.69) is 10.6 Å². The van der Waals surface area contributed by atoms with Crippen molar-refractivity contribution in [2.45, 2.75) is 50.2 Å². The Morgan fingerprint density at radius 1 is 1.20 bits per heavy atom. The van der Waals surface area contributed by atoms with Crippen LogP contribution in [0.1, 0.15) is 43.7 Å². The van der Waals surface area contributed by atoms with Crippen molar-refractivity contribution in [1.82, 2.24) is 14.9 Å². The lowest BCUT2D eigenvalue weighted by molar-refractivity contribution is -0.646. The van der Waals surface area contributed by atoms with E-state index < -0.39 is 62.9 Å². The first-order chi connectivity index (χ1) is 18.9. The van der Waals surface area contributed by atoms with Crippen LogP contribution in [0.15, 0.2) is 52.0 Å². The van der Waals surface area contributed by atoms with Crippen molar-refractivity contribution in [1.29, 1.82) is 0 Å². The molecule has 3 aromatic rings. The first-order valence-electron chi connectivity index (χ1n) is 12.6. The van der Waals surface area contributed by atoms with Crippen molar-refractivity contribution in [3.8, 4) is 0 Å². The molecule has 11 nitrogen and oxygen atoms in total. The minimum atomic E-state index is -4.26. The van der Waals surface area contributed by atoms with Crippen molar-refractivity contribution >= 4 is 38.6 Å². The van der Waals surface area contributed by atoms with Gasteiger partial charge in [-0.2, -0.15) is 9.04 Å². The predicted octanol–water partition coefficient (Wildman–Crippen LogP) is 2.03. The Labute approximate surface area is 228 Å². The maximum atomic E-state index is 13.5. The summed E-state index contributed by atoms with van der Waals surface area (Å²) in [6.07, 6.45) is 1.61. The van der Waals surface area contributed by atoms with E-state index in [1.54, 1.807) is 0 Å². The van der Waals surface area contributed by atoms with Crippen LogP contribution in [0.5, 0.6) is 0 Å². The van der Waals surface area contributed by atoms with Crippen LogP contribution in [-0.2, 0) is 19.6 Å². The van der Waals surface area contributed by atoms with Crippen molar-refractivity contribution in [2.75, 3.05) is 13.1 Å². The molecule has 1 aromatic carbocycles. The molecule has 40 heavy (non-hydrogen) atoms. The van der Waals surface area contributed by atoms with E-state index in [1.807, 2.05) is 13.8 Å². The molecule has 0 aliphatic carbocycles. The summed E-state index contributed by atoms with van der Waals surface area (Å²) < 4.78 is 59.5. The lowest BCUT2D eigenvalue weighted by Gasteiger charge is -2.23. The first kappa shape index (κ1) is 29.1. The van der Waals surface area contributed by atoms with Gasteiger partial charge in [0.25, 0.3) is 5.91 Å². The number of fused-ring (bicyclic) bond motifs is 1. The number of carbonyl (C=O) groups is 3. The van der Waals surface area contributed by atoms with Crippen LogP contribution in [0.2, 0.25) is 0 Å². The highest BCUT2D eigenvalue weighted by Gasteiger charge is 2.37. The first-order valence-corrected chi connectivity index (χ1v) is 14.0. The number of pyridine rings is 1. The number of ketones is 1. The van der Waals surface area contributed by atoms with Gasteiger partial charge in [-0.3, -0.25) is 14.4 Å². The normalized spacial score (nSPS) is 17.5. The highest BCUT2D eigenvalue weighted by molar-refractivity contribution is 7.89. The second kappa shape index (κ2) is 11.7. The number of furan rings is 1. The van der Waals surface area contributed by atoms with Gasteiger partial charge in [-0.1, -0.05) is 13.8 Å². The van der Waals surface area contributed by atoms with E-state index in [9.17, 15) is 36.8 Å². The van der Waals surface area contributed by atoms with E-state index in [1.165, 1.54) is 18.2 Å². The Balaban J connectivity index is 1.46. The Morgan fingerprint density at radius 2 is 1.93 bits per heavy atom. The SMILES string of the molecule is CC(C)CC(NC(=O)c1cc2cc(F)c(F)cc2o1)C(=O)N[C@H]1CCCN(S(=O)(=O)c2cccc[n+]2[O-])CC1=O. The fourth-order valence-electron chi connectivity index (χ4n) is 4.45. The van der Waals surface area contributed by atoms with E-state index >= 15 is 0 Å². The lowest BCUT2D eigenvalue weighted by atomic mass is 10.0. The van der Waals surface area contributed by atoms with Gasteiger partial charge < -0.3 is 20.3 Å². The average molecular weight is 579 g/mol. The van der Waals surface area contributed by atoms with Gasteiger partial charge in [0.1, 0.15) is 11.6 Å². The lowest BCUT2D eigenvalue weighted by Crippen LogP contribution is -2.52. The molecule has 2 aromatic heterocycles. The zero-order valence-electron chi connectivity index (χ0n) is 21.7. The minimum absolute atomic E-state index is 0.0330. The van der Waals surface area contributed by atoms with E-state index in [0.717, 1.165) is 28.7 Å². The van der Waals surface area contributed by atoms with Crippen LogP contribution in [0.3, 0.4) is 0 Å². The molecule has 2 N–H and O–H groups in total. The smallest absolute Gasteiger partial charge is 0.323 e. The molecule has 1 unspecified atom stereocenters. The number of Topliss-reactive ketones (excluding diaryl/α,β-unsaturated/α-hetero) is 1. The molecule has 0 bridgehead atoms. The maximum absolute atomic E-state index is 13.5. The predicted molar refractivity (Wildman–Crippen MR) is 137 cm³/mol. The largest absolute Gasteiger partial charge is 0.618 e. The van der Waals surface area contributed by atoms with Gasteiger partial charge in [-0.05, 0) is 43.4 Å². The molecule has 1 aliphatic heterocycles. The number of benzene rings is 1. The summed E-state index contributed by atoms with van der Waals surface area (Å²) >= 11 is 0. The molecule has 0 spiro atoms. The number of nitrogens with zero attached hydrogens (tertiary/aromatic N) is 2. The number of carbonyl (C=O) groups excluding carboxylic acids is 3. The molecule has 1 aliphatic rings. The fraction of sp³-hybridized carbons (Fsp3) is 0.385. The molecule has 214 valence electrons. The molecule has 0 radical (unpaired) electrons. The number of nitrogens with one attached hydrogen (secondary N) is 2. The van der Waals surface area contributed by atoms with E-state index in [-0.39, 0.29) is 53.2 Å². The average Bonchev–Trinajstić information content (AvgIpc) is 3.19. The van der Waals surface area contributed by atoms with Gasteiger partial charge in [-0.25, -0.2) is 17.2 Å². The Bertz CT molecular complexity index is 1520. The number of aromatic nitrogens is 1. The Hall–Kier alpha value is -3.91. The molecule has 0 saturated carbocycles. The van der Waals surface area contributed by atoms with Gasteiger partial charge in [0.15, 0.2) is 29.4 Å². The van der Waals surface area contributed by atoms with Gasteiger partial charge in [0, 0.05) is 30.1 Å². The third-order valence-electron chi connectivity index (χ3n) is 6.44. The highest BCUT2D eigenvalue weighted by atomic mass is 32.2. The van der Waals surface area contributed by atoms with Gasteiger partial charge in [0.2, 0.25) is 5.91 Å². The van der Waals surface area contributed by atoms with E-state index in [0.29, 0.717) is 0 Å². The topological polar surface area (TPSA) is 153 Å². The molecule has 3 heterocycles. The van der Waals surface area contributed by atoms with Crippen LogP contribution < -0.4 is 15.4 Å². The standard InChI is InChI=1S/C26H28F2N4O7S/c1-15(2)10-20(30-26(35)23-12-16-11-17(27)18(28)13-22(16)39-23)25(34)29-19-6-5-8-31(14-21(19)33)40(37,38)24-7-3-4-9-32(24)36/h3-4,7,9,11-13,15,19-20H,5-6,8,10,14H2,1-2H3,(H,29,34)(H,30,35)/t19-,20?/m0/s1. The van der Waals surface area contributed by atoms with Crippen molar-refractivity contribution in [3.63, 3.8) is 0 Å². The summed E-state index contributed by atoms with van der Waals surface area (Å²) in [7, 11) is -4.26. The monoisotopic (exact) mass is 578 g/mol. The molecular formula is C26H28F2N4O7S. The summed E-state index contributed by atoms with van der Waals surface area (Å²) in [5.74, 6) is -4.58. The van der Waals surface area contributed by atoms with Crippen LogP contribution in [0.25, 0.3) is 11.0 Å². The van der Waals surface area contributed by atoms with E-state index in [4.69, 9.17) is 4.42 Å². The summed E-state index contributed by atoms with van der Waals surface area (Å²) in [5, 5.41) is 16.8. The summed E-state index contributed by atoms with van der Waals surface area (Å²) in [6, 6.07) is 4.74. The summed E-state index contributed by atoms with van der Waals surface area (Å²) in [5.41, 5.74) is -0.0459. The molecular weight excluding hydrogens is 550 g/mol. The van der Waals surface area contributed by atoms with Crippen molar-refractivity contribution in [2.24, 2.45) is 5.92 Å². The molecule has 1 saturated heterocycles. The number of halogens is 2. The van der Waals surface area contributed by atoms with Crippen molar-refractivity contribution in [3.05, 3.63) is 65.2 Å². The quantitative estimate of drug-likeness (QED) is 0.306. The highest BCUT2D eigenvalue weighted by Crippen LogP contribution is 2.23. The van der Waals surface area contributed by atoms with Gasteiger partial charge in [0.05, 0.1) is 12.6 Å². The number of rotatable bonds is 8. The molecule has 4 rings (SSSR count). The fourth-order valence-corrected chi connectivity index (χ4v) is 5.92. The summed E-state index contributed by atoms with van der Waals surface area (Å²) in [6.45, 7) is 3.07. The van der Waals surface area contributed by atoms with Crippen LogP contribution in [-0.4, -0.2) is 55.5 Å².